The molecule has 1 saturated carbocycles. The average Bonchev–Trinajstić information content (AvgIpc) is 3.25. The van der Waals surface area contributed by atoms with Crippen LogP contribution in [-0.2, 0) is 9.53 Å². The van der Waals surface area contributed by atoms with Crippen LogP contribution in [0.3, 0.4) is 0 Å². The first-order valence-corrected chi connectivity index (χ1v) is 7.62. The number of piperazine rings is 1. The van der Waals surface area contributed by atoms with E-state index in [0.717, 1.165) is 45.2 Å². The van der Waals surface area contributed by atoms with Crippen LogP contribution in [0.4, 0.5) is 0 Å². The van der Waals surface area contributed by atoms with Gasteiger partial charge < -0.3 is 15.0 Å². The molecule has 5 nitrogen and oxygen atoms in total. The predicted molar refractivity (Wildman–Crippen MR) is 87.5 cm³/mol. The van der Waals surface area contributed by atoms with E-state index < -0.39 is 0 Å². The Balaban J connectivity index is 0.00000110. The molecule has 3 rings (SSSR count). The van der Waals surface area contributed by atoms with E-state index >= 15 is 0 Å². The first-order valence-electron chi connectivity index (χ1n) is 7.62. The third-order valence-electron chi connectivity index (χ3n) is 4.36. The Hall–Kier alpha value is -0.0700. The Morgan fingerprint density at radius 3 is 2.43 bits per heavy atom. The maximum Gasteiger partial charge on any atom is 0.224 e. The molecule has 0 aromatic heterocycles. The summed E-state index contributed by atoms with van der Waals surface area (Å²) in [5.74, 6) is 1.24. The molecule has 21 heavy (non-hydrogen) atoms. The summed E-state index contributed by atoms with van der Waals surface area (Å²) in [6.07, 6.45) is 3.40. The van der Waals surface area contributed by atoms with Crippen LogP contribution in [0.15, 0.2) is 0 Å². The van der Waals surface area contributed by atoms with E-state index in [-0.39, 0.29) is 36.8 Å². The van der Waals surface area contributed by atoms with Gasteiger partial charge in [-0.05, 0) is 18.8 Å². The third kappa shape index (κ3) is 5.91. The van der Waals surface area contributed by atoms with E-state index in [9.17, 15) is 4.79 Å². The number of nitrogens with one attached hydrogen (secondary N) is 1. The van der Waals surface area contributed by atoms with Crippen LogP contribution in [0.1, 0.15) is 19.3 Å². The first kappa shape index (κ1) is 19.0. The van der Waals surface area contributed by atoms with Gasteiger partial charge in [0.2, 0.25) is 5.91 Å². The van der Waals surface area contributed by atoms with Crippen molar-refractivity contribution in [3.8, 4) is 0 Å². The fourth-order valence-electron chi connectivity index (χ4n) is 2.94. The molecule has 0 radical (unpaired) electrons. The van der Waals surface area contributed by atoms with Gasteiger partial charge in [0.25, 0.3) is 0 Å². The fourth-order valence-corrected chi connectivity index (χ4v) is 2.94. The van der Waals surface area contributed by atoms with Crippen molar-refractivity contribution < 1.29 is 9.53 Å². The van der Waals surface area contributed by atoms with Gasteiger partial charge >= 0.3 is 0 Å². The highest BCUT2D eigenvalue weighted by Crippen LogP contribution is 2.29. The summed E-state index contributed by atoms with van der Waals surface area (Å²) in [4.78, 5) is 16.8. The van der Waals surface area contributed by atoms with Gasteiger partial charge in [-0.1, -0.05) is 0 Å². The van der Waals surface area contributed by atoms with Crippen LogP contribution in [-0.4, -0.2) is 74.2 Å². The molecule has 1 aliphatic carbocycles. The van der Waals surface area contributed by atoms with Crippen LogP contribution in [0.2, 0.25) is 0 Å². The maximum absolute atomic E-state index is 12.2. The molecule has 3 aliphatic rings. The molecule has 7 heteroatoms. The van der Waals surface area contributed by atoms with Crippen LogP contribution >= 0.6 is 24.8 Å². The number of ether oxygens (including phenoxy) is 1. The third-order valence-corrected chi connectivity index (χ3v) is 4.36. The molecule has 0 bridgehead atoms. The number of rotatable bonds is 4. The van der Waals surface area contributed by atoms with Crippen molar-refractivity contribution in [2.24, 2.45) is 5.92 Å². The fraction of sp³-hybridized carbons (Fsp3) is 0.929. The second kappa shape index (κ2) is 9.16. The lowest BCUT2D eigenvalue weighted by atomic mass is 10.1. The highest BCUT2D eigenvalue weighted by molar-refractivity contribution is 5.85. The number of carbonyl (C=O) groups is 1. The number of carbonyl (C=O) groups excluding carboxylic acids is 1. The van der Waals surface area contributed by atoms with Crippen LogP contribution in [0.5, 0.6) is 0 Å². The topological polar surface area (TPSA) is 44.8 Å². The Labute approximate surface area is 139 Å². The molecular formula is C14H27Cl2N3O2. The number of nitrogens with zero attached hydrogens (tertiary/aromatic N) is 2. The van der Waals surface area contributed by atoms with Crippen LogP contribution in [0.25, 0.3) is 0 Å². The van der Waals surface area contributed by atoms with E-state index in [1.54, 1.807) is 0 Å². The predicted octanol–water partition coefficient (Wildman–Crippen LogP) is 0.763. The lowest BCUT2D eigenvalue weighted by Crippen LogP contribution is -2.51. The molecule has 2 heterocycles. The standard InChI is InChI=1S/C14H25N3O2.2ClH/c18-14(9-13-11-19-8-3-15-13)17-6-4-16(5-7-17)10-12-1-2-12;;/h12-13,15H,1-11H2;2*1H. The summed E-state index contributed by atoms with van der Waals surface area (Å²) < 4.78 is 5.40. The van der Waals surface area contributed by atoms with Crippen molar-refractivity contribution in [2.45, 2.75) is 25.3 Å². The minimum atomic E-state index is 0. The Morgan fingerprint density at radius 2 is 1.86 bits per heavy atom. The monoisotopic (exact) mass is 339 g/mol. The van der Waals surface area contributed by atoms with Crippen molar-refractivity contribution in [2.75, 3.05) is 52.5 Å². The summed E-state index contributed by atoms with van der Waals surface area (Å²) in [6, 6.07) is 0.214. The van der Waals surface area contributed by atoms with Gasteiger partial charge in [-0.25, -0.2) is 0 Å². The summed E-state index contributed by atoms with van der Waals surface area (Å²) >= 11 is 0. The largest absolute Gasteiger partial charge is 0.378 e. The van der Waals surface area contributed by atoms with Crippen molar-refractivity contribution in [1.82, 2.24) is 15.1 Å². The highest BCUT2D eigenvalue weighted by atomic mass is 35.5. The molecule has 1 unspecified atom stereocenters. The van der Waals surface area contributed by atoms with Crippen molar-refractivity contribution in [3.05, 3.63) is 0 Å². The molecule has 2 saturated heterocycles. The molecule has 124 valence electrons. The van der Waals surface area contributed by atoms with Crippen LogP contribution < -0.4 is 5.32 Å². The van der Waals surface area contributed by atoms with Crippen LogP contribution in [0, 0.1) is 5.92 Å². The molecule has 0 spiro atoms. The molecule has 2 aliphatic heterocycles. The minimum Gasteiger partial charge on any atom is -0.378 e. The van der Waals surface area contributed by atoms with Gasteiger partial charge in [-0.3, -0.25) is 9.69 Å². The number of amides is 1. The van der Waals surface area contributed by atoms with E-state index in [1.807, 2.05) is 4.90 Å². The number of morpholine rings is 1. The number of hydrogen-bond donors (Lipinski definition) is 1. The van der Waals surface area contributed by atoms with Gasteiger partial charge in [0.05, 0.1) is 13.2 Å². The normalized spacial score (nSPS) is 26.7. The second-order valence-electron chi connectivity index (χ2n) is 6.05. The minimum absolute atomic E-state index is 0. The smallest absolute Gasteiger partial charge is 0.224 e. The zero-order chi connectivity index (χ0) is 13.1. The summed E-state index contributed by atoms with van der Waals surface area (Å²) in [6.45, 7) is 7.47. The molecular weight excluding hydrogens is 313 g/mol. The van der Waals surface area contributed by atoms with E-state index in [0.29, 0.717) is 13.0 Å². The zero-order valence-corrected chi connectivity index (χ0v) is 14.1. The lowest BCUT2D eigenvalue weighted by molar-refractivity contribution is -0.134. The van der Waals surface area contributed by atoms with Gasteiger partial charge in [-0.15, -0.1) is 24.8 Å². The highest BCUT2D eigenvalue weighted by Gasteiger charge is 2.28. The first-order chi connectivity index (χ1) is 9.31. The Bertz CT molecular complexity index is 315. The Morgan fingerprint density at radius 1 is 1.14 bits per heavy atom. The Kier molecular flexibility index (Phi) is 8.27. The SMILES string of the molecule is Cl.Cl.O=C(CC1COCCN1)N1CCN(CC2CC2)CC1. The summed E-state index contributed by atoms with van der Waals surface area (Å²) in [7, 11) is 0. The molecule has 0 aromatic rings. The number of hydrogen-bond acceptors (Lipinski definition) is 4. The molecule has 1 amide bonds. The van der Waals surface area contributed by atoms with Gasteiger partial charge in [0.1, 0.15) is 0 Å². The summed E-state index contributed by atoms with van der Waals surface area (Å²) in [5, 5.41) is 3.35. The van der Waals surface area contributed by atoms with Gasteiger partial charge in [0, 0.05) is 51.7 Å². The van der Waals surface area contributed by atoms with Crippen molar-refractivity contribution in [3.63, 3.8) is 0 Å². The lowest BCUT2D eigenvalue weighted by Gasteiger charge is -2.35. The zero-order valence-electron chi connectivity index (χ0n) is 12.5. The van der Waals surface area contributed by atoms with Crippen molar-refractivity contribution in [1.29, 1.82) is 0 Å². The van der Waals surface area contributed by atoms with E-state index in [4.69, 9.17) is 4.74 Å². The second-order valence-corrected chi connectivity index (χ2v) is 6.05. The summed E-state index contributed by atoms with van der Waals surface area (Å²) in [5.41, 5.74) is 0. The average molecular weight is 340 g/mol. The quantitative estimate of drug-likeness (QED) is 0.821. The van der Waals surface area contributed by atoms with E-state index in [1.165, 1.54) is 19.4 Å². The van der Waals surface area contributed by atoms with Crippen molar-refractivity contribution >= 4 is 30.7 Å². The molecule has 0 aromatic carbocycles. The molecule has 3 fully saturated rings. The molecule has 1 N–H and O–H groups in total. The van der Waals surface area contributed by atoms with E-state index in [2.05, 4.69) is 10.2 Å². The van der Waals surface area contributed by atoms with Gasteiger partial charge in [0.15, 0.2) is 0 Å². The van der Waals surface area contributed by atoms with Gasteiger partial charge in [-0.2, -0.15) is 0 Å². The number of halogens is 2. The maximum atomic E-state index is 12.2. The molecule has 1 atom stereocenters.